The molecule has 5 nitrogen and oxygen atoms in total. The molecule has 0 aliphatic rings. The Bertz CT molecular complexity index is 908. The molecular weight excluding hydrogens is 354 g/mol. The van der Waals surface area contributed by atoms with Gasteiger partial charge in [-0.25, -0.2) is 4.79 Å². The van der Waals surface area contributed by atoms with Gasteiger partial charge >= 0.3 is 5.97 Å². The van der Waals surface area contributed by atoms with Crippen LogP contribution in [0.5, 0.6) is 11.5 Å². The zero-order chi connectivity index (χ0) is 19.8. The first kappa shape index (κ1) is 19.3. The Morgan fingerprint density at radius 3 is 2.32 bits per heavy atom. The molecule has 0 bridgehead atoms. The lowest BCUT2D eigenvalue weighted by molar-refractivity contribution is 0.0527. The zero-order valence-electron chi connectivity index (χ0n) is 16.0. The largest absolute Gasteiger partial charge is 0.497 e. The Kier molecular flexibility index (Phi) is 6.52. The van der Waals surface area contributed by atoms with E-state index in [1.807, 2.05) is 54.6 Å². The van der Waals surface area contributed by atoms with Crippen LogP contribution in [0.2, 0.25) is 0 Å². The number of rotatable bonds is 8. The summed E-state index contributed by atoms with van der Waals surface area (Å²) in [4.78, 5) is 12.3. The number of methoxy groups -OCH3 is 1. The second-order valence-electron chi connectivity index (χ2n) is 6.06. The van der Waals surface area contributed by atoms with Gasteiger partial charge in [-0.1, -0.05) is 30.3 Å². The standard InChI is InChI=1S/C23H23NO4/c1-3-27-23(25)21-15-20(26-2)13-14-22(21)24-18-9-11-19(12-10-18)28-16-17-7-5-4-6-8-17/h4-15,24H,3,16H2,1-2H3. The van der Waals surface area contributed by atoms with Crippen LogP contribution >= 0.6 is 0 Å². The number of anilines is 2. The van der Waals surface area contributed by atoms with Crippen molar-refractivity contribution in [2.45, 2.75) is 13.5 Å². The van der Waals surface area contributed by atoms with Gasteiger partial charge in [0.25, 0.3) is 0 Å². The minimum absolute atomic E-state index is 0.308. The van der Waals surface area contributed by atoms with Crippen LogP contribution in [-0.4, -0.2) is 19.7 Å². The van der Waals surface area contributed by atoms with Gasteiger partial charge in [0.1, 0.15) is 18.1 Å². The van der Waals surface area contributed by atoms with Gasteiger partial charge in [-0.15, -0.1) is 0 Å². The van der Waals surface area contributed by atoms with Crippen molar-refractivity contribution < 1.29 is 19.0 Å². The van der Waals surface area contributed by atoms with Gasteiger partial charge in [-0.2, -0.15) is 0 Å². The zero-order valence-corrected chi connectivity index (χ0v) is 16.0. The topological polar surface area (TPSA) is 56.8 Å². The van der Waals surface area contributed by atoms with Crippen LogP contribution in [0.25, 0.3) is 0 Å². The second-order valence-corrected chi connectivity index (χ2v) is 6.06. The van der Waals surface area contributed by atoms with Crippen molar-refractivity contribution in [3.05, 3.63) is 83.9 Å². The van der Waals surface area contributed by atoms with Gasteiger partial charge in [0.15, 0.2) is 0 Å². The molecule has 0 radical (unpaired) electrons. The first-order valence-corrected chi connectivity index (χ1v) is 9.08. The monoisotopic (exact) mass is 377 g/mol. The van der Waals surface area contributed by atoms with E-state index in [1.54, 1.807) is 32.2 Å². The van der Waals surface area contributed by atoms with E-state index in [-0.39, 0.29) is 0 Å². The molecule has 0 atom stereocenters. The summed E-state index contributed by atoms with van der Waals surface area (Å²) in [7, 11) is 1.56. The lowest BCUT2D eigenvalue weighted by Crippen LogP contribution is -2.08. The van der Waals surface area contributed by atoms with Crippen molar-refractivity contribution in [3.63, 3.8) is 0 Å². The van der Waals surface area contributed by atoms with E-state index in [9.17, 15) is 4.79 Å². The summed E-state index contributed by atoms with van der Waals surface area (Å²) >= 11 is 0. The van der Waals surface area contributed by atoms with E-state index in [2.05, 4.69) is 5.32 Å². The fourth-order valence-corrected chi connectivity index (χ4v) is 2.67. The van der Waals surface area contributed by atoms with Crippen molar-refractivity contribution in [1.82, 2.24) is 0 Å². The van der Waals surface area contributed by atoms with E-state index in [4.69, 9.17) is 14.2 Å². The molecule has 0 heterocycles. The Hall–Kier alpha value is -3.47. The lowest BCUT2D eigenvalue weighted by atomic mass is 10.1. The number of carbonyl (C=O) groups is 1. The highest BCUT2D eigenvalue weighted by Crippen LogP contribution is 2.27. The smallest absolute Gasteiger partial charge is 0.340 e. The molecule has 0 aliphatic heterocycles. The number of ether oxygens (including phenoxy) is 3. The van der Waals surface area contributed by atoms with Crippen molar-refractivity contribution in [2.24, 2.45) is 0 Å². The number of benzene rings is 3. The van der Waals surface area contributed by atoms with Gasteiger partial charge in [0, 0.05) is 5.69 Å². The molecule has 0 amide bonds. The number of esters is 1. The molecule has 1 N–H and O–H groups in total. The maximum absolute atomic E-state index is 12.3. The predicted molar refractivity (Wildman–Crippen MR) is 109 cm³/mol. The molecule has 0 unspecified atom stereocenters. The van der Waals surface area contributed by atoms with Gasteiger partial charge in [-0.05, 0) is 55.0 Å². The number of hydrogen-bond acceptors (Lipinski definition) is 5. The Morgan fingerprint density at radius 2 is 1.64 bits per heavy atom. The average molecular weight is 377 g/mol. The summed E-state index contributed by atoms with van der Waals surface area (Å²) in [6.07, 6.45) is 0. The van der Waals surface area contributed by atoms with Crippen molar-refractivity contribution in [1.29, 1.82) is 0 Å². The first-order valence-electron chi connectivity index (χ1n) is 9.08. The molecule has 5 heteroatoms. The molecule has 0 saturated heterocycles. The van der Waals surface area contributed by atoms with E-state index in [0.29, 0.717) is 30.2 Å². The summed E-state index contributed by atoms with van der Waals surface area (Å²) < 4.78 is 16.2. The maximum Gasteiger partial charge on any atom is 0.340 e. The van der Waals surface area contributed by atoms with Crippen LogP contribution in [0.3, 0.4) is 0 Å². The van der Waals surface area contributed by atoms with Crippen molar-refractivity contribution in [3.8, 4) is 11.5 Å². The summed E-state index contributed by atoms with van der Waals surface area (Å²) in [6.45, 7) is 2.60. The van der Waals surface area contributed by atoms with Crippen LogP contribution in [0.1, 0.15) is 22.8 Å². The molecule has 0 spiro atoms. The third-order valence-corrected chi connectivity index (χ3v) is 4.10. The maximum atomic E-state index is 12.3. The van der Waals surface area contributed by atoms with Gasteiger partial charge in [0.05, 0.1) is 25.0 Å². The third-order valence-electron chi connectivity index (χ3n) is 4.10. The second kappa shape index (κ2) is 9.46. The number of carbonyl (C=O) groups excluding carboxylic acids is 1. The molecular formula is C23H23NO4. The van der Waals surface area contributed by atoms with Crippen LogP contribution in [-0.2, 0) is 11.3 Å². The van der Waals surface area contributed by atoms with Crippen LogP contribution in [0.4, 0.5) is 11.4 Å². The SMILES string of the molecule is CCOC(=O)c1cc(OC)ccc1Nc1ccc(OCc2ccccc2)cc1. The molecule has 3 aromatic rings. The molecule has 0 fully saturated rings. The fraction of sp³-hybridized carbons (Fsp3) is 0.174. The quantitative estimate of drug-likeness (QED) is 0.547. The number of nitrogens with one attached hydrogen (secondary N) is 1. The van der Waals surface area contributed by atoms with E-state index < -0.39 is 5.97 Å². The highest BCUT2D eigenvalue weighted by molar-refractivity contribution is 5.97. The fourth-order valence-electron chi connectivity index (χ4n) is 2.67. The number of hydrogen-bond donors (Lipinski definition) is 1. The Balaban J connectivity index is 1.70. The molecule has 3 rings (SSSR count). The minimum atomic E-state index is -0.397. The van der Waals surface area contributed by atoms with E-state index in [0.717, 1.165) is 17.0 Å². The molecule has 0 saturated carbocycles. The predicted octanol–water partition coefficient (Wildman–Crippen LogP) is 5.19. The Labute approximate surface area is 164 Å². The lowest BCUT2D eigenvalue weighted by Gasteiger charge is -2.13. The summed E-state index contributed by atoms with van der Waals surface area (Å²) in [5, 5.41) is 3.25. The highest BCUT2D eigenvalue weighted by atomic mass is 16.5. The van der Waals surface area contributed by atoms with Crippen LogP contribution in [0.15, 0.2) is 72.8 Å². The van der Waals surface area contributed by atoms with Gasteiger partial charge < -0.3 is 19.5 Å². The molecule has 0 aliphatic carbocycles. The Morgan fingerprint density at radius 1 is 0.929 bits per heavy atom. The summed E-state index contributed by atoms with van der Waals surface area (Å²) in [6, 6.07) is 22.8. The highest BCUT2D eigenvalue weighted by Gasteiger charge is 2.14. The first-order chi connectivity index (χ1) is 13.7. The van der Waals surface area contributed by atoms with Crippen LogP contribution < -0.4 is 14.8 Å². The van der Waals surface area contributed by atoms with Crippen LogP contribution in [0, 0.1) is 0 Å². The molecule has 28 heavy (non-hydrogen) atoms. The summed E-state index contributed by atoms with van der Waals surface area (Å²) in [5.74, 6) is 0.972. The molecule has 144 valence electrons. The average Bonchev–Trinajstić information content (AvgIpc) is 2.74. The van der Waals surface area contributed by atoms with Gasteiger partial charge in [0.2, 0.25) is 0 Å². The molecule has 3 aromatic carbocycles. The van der Waals surface area contributed by atoms with Crippen molar-refractivity contribution >= 4 is 17.3 Å². The summed E-state index contributed by atoms with van der Waals surface area (Å²) in [5.41, 5.74) is 3.02. The van der Waals surface area contributed by atoms with E-state index >= 15 is 0 Å². The van der Waals surface area contributed by atoms with E-state index in [1.165, 1.54) is 0 Å². The normalized spacial score (nSPS) is 10.2. The third kappa shape index (κ3) is 5.04. The minimum Gasteiger partial charge on any atom is -0.497 e. The van der Waals surface area contributed by atoms with Crippen molar-refractivity contribution in [2.75, 3.05) is 19.0 Å². The molecule has 0 aromatic heterocycles. The van der Waals surface area contributed by atoms with Gasteiger partial charge in [-0.3, -0.25) is 0 Å².